The number of aryl methyl sites for hydroxylation is 1. The van der Waals surface area contributed by atoms with Crippen LogP contribution in [0.5, 0.6) is 5.75 Å². The number of hydrogen-bond donors (Lipinski definition) is 0. The van der Waals surface area contributed by atoms with E-state index in [4.69, 9.17) is 9.72 Å². The minimum atomic E-state index is -0.0844. The number of pyridine rings is 2. The Hall–Kier alpha value is -3.21. The Kier molecular flexibility index (Phi) is 5.56. The third-order valence-corrected chi connectivity index (χ3v) is 5.53. The van der Waals surface area contributed by atoms with Gasteiger partial charge in [-0.25, -0.2) is 4.98 Å². The fourth-order valence-corrected chi connectivity index (χ4v) is 3.94. The van der Waals surface area contributed by atoms with Gasteiger partial charge in [0.2, 0.25) is 5.78 Å². The van der Waals surface area contributed by atoms with Gasteiger partial charge in [-0.2, -0.15) is 0 Å². The lowest BCUT2D eigenvalue weighted by atomic mass is 9.90. The van der Waals surface area contributed by atoms with Gasteiger partial charge in [-0.1, -0.05) is 18.2 Å². The van der Waals surface area contributed by atoms with E-state index in [-0.39, 0.29) is 7.21 Å². The highest BCUT2D eigenvalue weighted by Gasteiger charge is 2.23. The lowest BCUT2D eigenvalue weighted by Gasteiger charge is -2.34. The van der Waals surface area contributed by atoms with Crippen molar-refractivity contribution in [2.24, 2.45) is 0 Å². The Labute approximate surface area is 172 Å². The van der Waals surface area contributed by atoms with Gasteiger partial charge < -0.3 is 9.64 Å². The minimum absolute atomic E-state index is 0. The molecule has 0 spiro atoms. The van der Waals surface area contributed by atoms with Crippen molar-refractivity contribution in [3.05, 3.63) is 83.3 Å². The topological polar surface area (TPSA) is 55.3 Å². The van der Waals surface area contributed by atoms with Crippen molar-refractivity contribution in [3.63, 3.8) is 0 Å². The van der Waals surface area contributed by atoms with Gasteiger partial charge in [0, 0.05) is 37.9 Å². The smallest absolute Gasteiger partial charge is 0.213 e. The molecule has 29 heavy (non-hydrogen) atoms. The fraction of sp³-hybridized carbons (Fsp3) is 0.292. The zero-order valence-corrected chi connectivity index (χ0v) is 16.8. The second-order valence-corrected chi connectivity index (χ2v) is 7.41. The van der Waals surface area contributed by atoms with Gasteiger partial charge in [0.25, 0.3) is 0 Å². The lowest BCUT2D eigenvalue weighted by molar-refractivity contribution is 0.103. The van der Waals surface area contributed by atoms with Crippen molar-refractivity contribution in [1.82, 2.24) is 9.97 Å². The molecule has 1 fully saturated rings. The summed E-state index contributed by atoms with van der Waals surface area (Å²) in [4.78, 5) is 24.1. The predicted molar refractivity (Wildman–Crippen MR) is 116 cm³/mol. The third-order valence-electron chi connectivity index (χ3n) is 5.53. The van der Waals surface area contributed by atoms with Crippen LogP contribution in [0, 0.1) is 6.92 Å². The number of piperidine rings is 1. The zero-order valence-electron chi connectivity index (χ0n) is 16.8. The molecule has 0 aliphatic carbocycles. The molecular formula is C24H27N3O2. The molecule has 150 valence electrons. The van der Waals surface area contributed by atoms with E-state index < -0.39 is 0 Å². The van der Waals surface area contributed by atoms with Crippen LogP contribution in [0.4, 0.5) is 5.82 Å². The van der Waals surface area contributed by atoms with Gasteiger partial charge >= 0.3 is 0 Å². The first-order valence-electron chi connectivity index (χ1n) is 9.98. The Morgan fingerprint density at radius 2 is 2.03 bits per heavy atom. The van der Waals surface area contributed by atoms with Crippen LogP contribution in [-0.2, 0) is 0 Å². The van der Waals surface area contributed by atoms with Crippen LogP contribution >= 0.6 is 0 Å². The molecule has 1 aliphatic rings. The van der Waals surface area contributed by atoms with Crippen LogP contribution in [0.3, 0.4) is 0 Å². The highest BCUT2D eigenvalue weighted by molar-refractivity contribution is 6.08. The second-order valence-electron chi connectivity index (χ2n) is 7.41. The van der Waals surface area contributed by atoms with Gasteiger partial charge in [0.05, 0.1) is 7.11 Å². The van der Waals surface area contributed by atoms with E-state index in [1.165, 1.54) is 5.56 Å². The summed E-state index contributed by atoms with van der Waals surface area (Å²) in [6, 6.07) is 17.6. The SMILES string of the molecule is COc1cccc(C2CCCN(c3cccc(C(=O)c4cccnc4C)n3)C2)c1.[HH]. The van der Waals surface area contributed by atoms with Gasteiger partial charge in [-0.3, -0.25) is 9.78 Å². The number of rotatable bonds is 5. The molecular weight excluding hydrogens is 362 g/mol. The molecule has 4 rings (SSSR count). The third kappa shape index (κ3) is 4.14. The molecule has 5 heteroatoms. The standard InChI is InChI=1S/C24H25N3O2.H2/c1-17-21(10-5-13-25-17)24(28)22-11-4-12-23(26-22)27-14-6-8-19(16-27)18-7-3-9-20(15-18)29-2;/h3-5,7,9-13,15,19H,6,8,14,16H2,1-2H3;1H. The molecule has 3 aromatic rings. The average Bonchev–Trinajstić information content (AvgIpc) is 2.79. The number of anilines is 1. The molecule has 1 unspecified atom stereocenters. The maximum atomic E-state index is 12.9. The van der Waals surface area contributed by atoms with Crippen molar-refractivity contribution in [3.8, 4) is 5.75 Å². The number of ketones is 1. The van der Waals surface area contributed by atoms with Gasteiger partial charge in [-0.15, -0.1) is 0 Å². The van der Waals surface area contributed by atoms with Crippen LogP contribution in [0.15, 0.2) is 60.8 Å². The van der Waals surface area contributed by atoms with Crippen LogP contribution in [0.25, 0.3) is 0 Å². The second kappa shape index (κ2) is 8.43. The Morgan fingerprint density at radius 1 is 1.17 bits per heavy atom. The van der Waals surface area contributed by atoms with Crippen LogP contribution in [-0.4, -0.2) is 36.0 Å². The lowest BCUT2D eigenvalue weighted by Crippen LogP contribution is -2.35. The van der Waals surface area contributed by atoms with Crippen molar-refractivity contribution >= 4 is 11.6 Å². The molecule has 3 heterocycles. The minimum Gasteiger partial charge on any atom is -0.497 e. The zero-order chi connectivity index (χ0) is 20.2. The molecule has 0 saturated carbocycles. The van der Waals surface area contributed by atoms with Gasteiger partial charge in [-0.05, 0) is 61.7 Å². The summed E-state index contributed by atoms with van der Waals surface area (Å²) in [7, 11) is 1.70. The summed E-state index contributed by atoms with van der Waals surface area (Å²) in [5.74, 6) is 2.07. The summed E-state index contributed by atoms with van der Waals surface area (Å²) < 4.78 is 5.38. The van der Waals surface area contributed by atoms with Crippen LogP contribution < -0.4 is 9.64 Å². The molecule has 1 atom stereocenters. The highest BCUT2D eigenvalue weighted by Crippen LogP contribution is 2.31. The predicted octanol–water partition coefficient (Wildman–Crippen LogP) is 4.65. The molecule has 5 nitrogen and oxygen atoms in total. The molecule has 0 radical (unpaired) electrons. The van der Waals surface area contributed by atoms with Gasteiger partial charge in [0.15, 0.2) is 0 Å². The average molecular weight is 389 g/mol. The van der Waals surface area contributed by atoms with E-state index in [9.17, 15) is 4.79 Å². The quantitative estimate of drug-likeness (QED) is 0.594. The Balaban J connectivity index is 0.00000256. The molecule has 2 aromatic heterocycles. The fourth-order valence-electron chi connectivity index (χ4n) is 3.94. The van der Waals surface area contributed by atoms with Crippen LogP contribution in [0.1, 0.15) is 47.5 Å². The van der Waals surface area contributed by atoms with E-state index in [0.29, 0.717) is 17.2 Å². The highest BCUT2D eigenvalue weighted by atomic mass is 16.5. The molecule has 1 aliphatic heterocycles. The van der Waals surface area contributed by atoms with Crippen molar-refractivity contribution in [1.29, 1.82) is 0 Å². The Bertz CT molecular complexity index is 1020. The maximum absolute atomic E-state index is 12.9. The Morgan fingerprint density at radius 3 is 2.86 bits per heavy atom. The van der Waals surface area contributed by atoms with E-state index in [1.54, 1.807) is 31.5 Å². The molecule has 0 N–H and O–H groups in total. The van der Waals surface area contributed by atoms with Crippen molar-refractivity contribution < 1.29 is 11.0 Å². The van der Waals surface area contributed by atoms with E-state index in [1.807, 2.05) is 31.2 Å². The van der Waals surface area contributed by atoms with Crippen LogP contribution in [0.2, 0.25) is 0 Å². The number of carbonyl (C=O) groups is 1. The van der Waals surface area contributed by atoms with Crippen molar-refractivity contribution in [2.45, 2.75) is 25.7 Å². The maximum Gasteiger partial charge on any atom is 0.213 e. The summed E-state index contributed by atoms with van der Waals surface area (Å²) in [6.45, 7) is 3.67. The monoisotopic (exact) mass is 389 g/mol. The number of ether oxygens (including phenoxy) is 1. The summed E-state index contributed by atoms with van der Waals surface area (Å²) in [5.41, 5.74) is 3.07. The van der Waals surface area contributed by atoms with E-state index in [2.05, 4.69) is 22.0 Å². The van der Waals surface area contributed by atoms with Gasteiger partial charge in [0.1, 0.15) is 17.3 Å². The van der Waals surface area contributed by atoms with Crippen molar-refractivity contribution in [2.75, 3.05) is 25.1 Å². The number of hydrogen-bond acceptors (Lipinski definition) is 5. The molecule has 1 aromatic carbocycles. The molecule has 0 amide bonds. The summed E-state index contributed by atoms with van der Waals surface area (Å²) >= 11 is 0. The van der Waals surface area contributed by atoms with E-state index >= 15 is 0 Å². The molecule has 0 bridgehead atoms. The number of carbonyl (C=O) groups excluding carboxylic acids is 1. The summed E-state index contributed by atoms with van der Waals surface area (Å²) in [6.07, 6.45) is 3.92. The number of methoxy groups -OCH3 is 1. The normalized spacial score (nSPS) is 16.5. The number of benzene rings is 1. The number of nitrogens with zero attached hydrogens (tertiary/aromatic N) is 3. The van der Waals surface area contributed by atoms with E-state index in [0.717, 1.165) is 43.2 Å². The summed E-state index contributed by atoms with van der Waals surface area (Å²) in [5, 5.41) is 0. The number of aromatic nitrogens is 2. The first-order chi connectivity index (χ1) is 14.2. The first-order valence-corrected chi connectivity index (χ1v) is 9.98. The first kappa shape index (κ1) is 19.1. The largest absolute Gasteiger partial charge is 0.497 e. The molecule has 1 saturated heterocycles.